The van der Waals surface area contributed by atoms with Gasteiger partial charge in [-0.1, -0.05) is 6.07 Å². The number of methoxy groups -OCH3 is 1. The Hall–Kier alpha value is -1.18. The molecular weight excluding hydrogens is 256 g/mol. The largest absolute Gasteiger partial charge is 0.377 e. The molecule has 1 unspecified atom stereocenters. The fraction of sp³-hybridized carbons (Fsp3) is 0.533. The van der Waals surface area contributed by atoms with Gasteiger partial charge in [-0.2, -0.15) is 5.26 Å². The van der Waals surface area contributed by atoms with Gasteiger partial charge in [-0.15, -0.1) is 11.8 Å². The molecule has 3 nitrogen and oxygen atoms in total. The highest BCUT2D eigenvalue weighted by atomic mass is 32.2. The second kappa shape index (κ2) is 5.85. The first-order chi connectivity index (χ1) is 9.13. The number of anilines is 1. The fourth-order valence-corrected chi connectivity index (χ4v) is 3.21. The number of hydrogen-bond donors (Lipinski definition) is 0. The van der Waals surface area contributed by atoms with Gasteiger partial charge in [-0.25, -0.2) is 0 Å². The van der Waals surface area contributed by atoms with Crippen LogP contribution in [-0.2, 0) is 4.74 Å². The Balaban J connectivity index is 2.34. The van der Waals surface area contributed by atoms with Crippen LogP contribution in [0.1, 0.15) is 25.3 Å². The lowest BCUT2D eigenvalue weighted by atomic mass is 9.94. The normalized spacial score (nSPS) is 23.2. The molecule has 1 fully saturated rings. The number of benzene rings is 1. The van der Waals surface area contributed by atoms with Crippen LogP contribution in [0.2, 0.25) is 0 Å². The van der Waals surface area contributed by atoms with E-state index >= 15 is 0 Å². The standard InChI is InChI=1S/C15H20N2OS/c1-15(18-2)8-5-9-17(11-15)13-6-4-7-14(19-3)12(13)10-16/h4,6-7H,5,8-9,11H2,1-3H3. The van der Waals surface area contributed by atoms with Crippen molar-refractivity contribution < 1.29 is 4.74 Å². The number of hydrogen-bond acceptors (Lipinski definition) is 4. The molecule has 1 atom stereocenters. The van der Waals surface area contributed by atoms with Gasteiger partial charge < -0.3 is 9.64 Å². The number of thioether (sulfide) groups is 1. The van der Waals surface area contributed by atoms with Crippen molar-refractivity contribution in [3.63, 3.8) is 0 Å². The Morgan fingerprint density at radius 2 is 2.26 bits per heavy atom. The van der Waals surface area contributed by atoms with E-state index in [-0.39, 0.29) is 5.60 Å². The average Bonchev–Trinajstić information content (AvgIpc) is 2.46. The summed E-state index contributed by atoms with van der Waals surface area (Å²) in [6.45, 7) is 3.98. The predicted molar refractivity (Wildman–Crippen MR) is 79.8 cm³/mol. The lowest BCUT2D eigenvalue weighted by Gasteiger charge is -2.41. The first kappa shape index (κ1) is 14.2. The van der Waals surface area contributed by atoms with Crippen molar-refractivity contribution in [2.45, 2.75) is 30.3 Å². The lowest BCUT2D eigenvalue weighted by Crippen LogP contribution is -2.47. The molecule has 19 heavy (non-hydrogen) atoms. The van der Waals surface area contributed by atoms with E-state index < -0.39 is 0 Å². The molecule has 1 aliphatic rings. The molecule has 1 heterocycles. The number of piperidine rings is 1. The van der Waals surface area contributed by atoms with E-state index in [1.807, 2.05) is 24.5 Å². The molecule has 0 amide bonds. The third kappa shape index (κ3) is 2.88. The van der Waals surface area contributed by atoms with Crippen LogP contribution in [0.5, 0.6) is 0 Å². The van der Waals surface area contributed by atoms with Crippen LogP contribution in [0.4, 0.5) is 5.69 Å². The van der Waals surface area contributed by atoms with Crippen molar-refractivity contribution in [2.75, 3.05) is 31.4 Å². The molecule has 4 heteroatoms. The molecule has 1 aromatic carbocycles. The van der Waals surface area contributed by atoms with Gasteiger partial charge in [-0.3, -0.25) is 0 Å². The van der Waals surface area contributed by atoms with Crippen LogP contribution in [0.3, 0.4) is 0 Å². The van der Waals surface area contributed by atoms with E-state index in [4.69, 9.17) is 4.74 Å². The van der Waals surface area contributed by atoms with Crippen molar-refractivity contribution in [1.82, 2.24) is 0 Å². The highest BCUT2D eigenvalue weighted by Crippen LogP contribution is 2.33. The Morgan fingerprint density at radius 1 is 1.47 bits per heavy atom. The first-order valence-corrected chi connectivity index (χ1v) is 7.73. The maximum absolute atomic E-state index is 9.43. The zero-order valence-electron chi connectivity index (χ0n) is 11.8. The Bertz CT molecular complexity index is 497. The minimum Gasteiger partial charge on any atom is -0.377 e. The number of ether oxygens (including phenoxy) is 1. The summed E-state index contributed by atoms with van der Waals surface area (Å²) in [5.41, 5.74) is 1.72. The summed E-state index contributed by atoms with van der Waals surface area (Å²) in [7, 11) is 1.77. The van der Waals surface area contributed by atoms with Crippen molar-refractivity contribution in [3.05, 3.63) is 23.8 Å². The molecule has 0 radical (unpaired) electrons. The third-order valence-electron chi connectivity index (χ3n) is 3.83. The van der Waals surface area contributed by atoms with Gasteiger partial charge >= 0.3 is 0 Å². The molecule has 102 valence electrons. The Labute approximate surface area is 119 Å². The molecule has 2 rings (SSSR count). The van der Waals surface area contributed by atoms with E-state index in [0.29, 0.717) is 0 Å². The molecule has 1 aliphatic heterocycles. The zero-order valence-corrected chi connectivity index (χ0v) is 12.6. The highest BCUT2D eigenvalue weighted by Gasteiger charge is 2.31. The van der Waals surface area contributed by atoms with Crippen LogP contribution in [0.15, 0.2) is 23.1 Å². The zero-order chi connectivity index (χ0) is 13.9. The van der Waals surface area contributed by atoms with Gasteiger partial charge in [-0.05, 0) is 38.2 Å². The summed E-state index contributed by atoms with van der Waals surface area (Å²) in [6, 6.07) is 8.43. The SMILES string of the molecule is COC1(C)CCCN(c2cccc(SC)c2C#N)C1. The van der Waals surface area contributed by atoms with Crippen molar-refractivity contribution in [3.8, 4) is 6.07 Å². The highest BCUT2D eigenvalue weighted by molar-refractivity contribution is 7.98. The minimum absolute atomic E-state index is 0.111. The average molecular weight is 276 g/mol. The van der Waals surface area contributed by atoms with Gasteiger partial charge in [0.15, 0.2) is 0 Å². The molecular formula is C15H20N2OS. The van der Waals surface area contributed by atoms with Crippen molar-refractivity contribution in [1.29, 1.82) is 5.26 Å². The van der Waals surface area contributed by atoms with Crippen molar-refractivity contribution in [2.24, 2.45) is 0 Å². The van der Waals surface area contributed by atoms with Crippen LogP contribution in [0, 0.1) is 11.3 Å². The molecule has 1 aromatic rings. The summed E-state index contributed by atoms with van der Waals surface area (Å²) in [4.78, 5) is 3.33. The van der Waals surface area contributed by atoms with Gasteiger partial charge in [0, 0.05) is 25.1 Å². The summed E-state index contributed by atoms with van der Waals surface area (Å²) in [5, 5.41) is 9.43. The molecule has 0 aromatic heterocycles. The van der Waals surface area contributed by atoms with Crippen LogP contribution in [-0.4, -0.2) is 32.1 Å². The van der Waals surface area contributed by atoms with Gasteiger partial charge in [0.25, 0.3) is 0 Å². The number of nitriles is 1. The molecule has 1 saturated heterocycles. The van der Waals surface area contributed by atoms with Crippen LogP contribution in [0.25, 0.3) is 0 Å². The summed E-state index contributed by atoms with van der Waals surface area (Å²) < 4.78 is 5.63. The summed E-state index contributed by atoms with van der Waals surface area (Å²) >= 11 is 1.62. The predicted octanol–water partition coefficient (Wildman–Crippen LogP) is 3.29. The van der Waals surface area contributed by atoms with Crippen LogP contribution < -0.4 is 4.90 Å². The van der Waals surface area contributed by atoms with E-state index in [9.17, 15) is 5.26 Å². The van der Waals surface area contributed by atoms with E-state index in [0.717, 1.165) is 42.1 Å². The van der Waals surface area contributed by atoms with E-state index in [1.54, 1.807) is 18.9 Å². The smallest absolute Gasteiger partial charge is 0.103 e. The van der Waals surface area contributed by atoms with Gasteiger partial charge in [0.1, 0.15) is 6.07 Å². The molecule has 0 aliphatic carbocycles. The topological polar surface area (TPSA) is 36.3 Å². The van der Waals surface area contributed by atoms with Crippen LogP contribution >= 0.6 is 11.8 Å². The third-order valence-corrected chi connectivity index (χ3v) is 4.61. The number of rotatable bonds is 3. The summed E-state index contributed by atoms with van der Waals surface area (Å²) in [6.07, 6.45) is 4.18. The second-order valence-corrected chi connectivity index (χ2v) is 5.99. The fourth-order valence-electron chi connectivity index (χ4n) is 2.64. The monoisotopic (exact) mass is 276 g/mol. The first-order valence-electron chi connectivity index (χ1n) is 6.51. The second-order valence-electron chi connectivity index (χ2n) is 5.15. The maximum Gasteiger partial charge on any atom is 0.103 e. The minimum atomic E-state index is -0.111. The van der Waals surface area contributed by atoms with E-state index in [1.165, 1.54) is 0 Å². The molecule has 0 N–H and O–H groups in total. The Morgan fingerprint density at radius 3 is 2.89 bits per heavy atom. The lowest BCUT2D eigenvalue weighted by molar-refractivity contribution is -0.00466. The maximum atomic E-state index is 9.43. The number of nitrogens with zero attached hydrogens (tertiary/aromatic N) is 2. The Kier molecular flexibility index (Phi) is 4.38. The van der Waals surface area contributed by atoms with Crippen molar-refractivity contribution >= 4 is 17.4 Å². The molecule has 0 bridgehead atoms. The van der Waals surface area contributed by atoms with E-state index in [2.05, 4.69) is 17.9 Å². The van der Waals surface area contributed by atoms with Gasteiger partial charge in [0.2, 0.25) is 0 Å². The van der Waals surface area contributed by atoms with Gasteiger partial charge in [0.05, 0.1) is 16.9 Å². The molecule has 0 saturated carbocycles. The quantitative estimate of drug-likeness (QED) is 0.794. The summed E-state index contributed by atoms with van der Waals surface area (Å²) in [5.74, 6) is 0. The molecule has 0 spiro atoms.